The molecule has 0 aliphatic carbocycles. The molecule has 0 radical (unpaired) electrons. The van der Waals surface area contributed by atoms with Crippen LogP contribution in [0.2, 0.25) is 0 Å². The molecule has 4 nitrogen and oxygen atoms in total. The van der Waals surface area contributed by atoms with Gasteiger partial charge in [0.15, 0.2) is 5.13 Å². The van der Waals surface area contributed by atoms with Gasteiger partial charge in [-0.05, 0) is 57.0 Å². The average Bonchev–Trinajstić information content (AvgIpc) is 3.03. The van der Waals surface area contributed by atoms with Gasteiger partial charge in [0, 0.05) is 23.0 Å². The van der Waals surface area contributed by atoms with E-state index in [2.05, 4.69) is 21.5 Å². The van der Waals surface area contributed by atoms with Crippen molar-refractivity contribution in [1.29, 1.82) is 0 Å². The van der Waals surface area contributed by atoms with Crippen molar-refractivity contribution in [3.05, 3.63) is 28.6 Å². The molecule has 1 saturated heterocycles. The van der Waals surface area contributed by atoms with Crippen LogP contribution in [0.4, 0.5) is 18.3 Å². The van der Waals surface area contributed by atoms with Gasteiger partial charge in [-0.3, -0.25) is 4.90 Å². The molecule has 0 unspecified atom stereocenters. The molecule has 0 bridgehead atoms. The van der Waals surface area contributed by atoms with Crippen molar-refractivity contribution in [2.75, 3.05) is 12.3 Å². The maximum Gasteiger partial charge on any atom is 0.573 e. The number of nitrogens with zero attached hydrogens (tertiary/aromatic N) is 2. The van der Waals surface area contributed by atoms with Crippen molar-refractivity contribution in [1.82, 2.24) is 9.88 Å². The molecule has 0 spiro atoms. The van der Waals surface area contributed by atoms with Crippen LogP contribution in [0.25, 0.3) is 11.3 Å². The first-order valence-corrected chi connectivity index (χ1v) is 8.90. The summed E-state index contributed by atoms with van der Waals surface area (Å²) >= 11 is 1.38. The predicted molar refractivity (Wildman–Crippen MR) is 92.5 cm³/mol. The number of halogens is 3. The van der Waals surface area contributed by atoms with Gasteiger partial charge in [0.2, 0.25) is 0 Å². The minimum Gasteiger partial charge on any atom is -0.406 e. The van der Waals surface area contributed by atoms with Crippen LogP contribution < -0.4 is 10.5 Å². The van der Waals surface area contributed by atoms with Gasteiger partial charge in [0.25, 0.3) is 0 Å². The quantitative estimate of drug-likeness (QED) is 0.854. The summed E-state index contributed by atoms with van der Waals surface area (Å²) in [4.78, 5) is 7.67. The second-order valence-electron chi connectivity index (χ2n) is 6.37. The van der Waals surface area contributed by atoms with Crippen molar-refractivity contribution >= 4 is 16.5 Å². The fourth-order valence-electron chi connectivity index (χ4n) is 3.19. The first-order valence-electron chi connectivity index (χ1n) is 8.08. The number of hydrogen-bond acceptors (Lipinski definition) is 5. The molecule has 2 heterocycles. The summed E-state index contributed by atoms with van der Waals surface area (Å²) in [5, 5.41) is 0.414. The second-order valence-corrected chi connectivity index (χ2v) is 7.48. The molecule has 1 aromatic heterocycles. The average molecular weight is 371 g/mol. The van der Waals surface area contributed by atoms with E-state index in [9.17, 15) is 13.2 Å². The maximum atomic E-state index is 12.5. The summed E-state index contributed by atoms with van der Waals surface area (Å²) in [6, 6.07) is 5.01. The lowest BCUT2D eigenvalue weighted by atomic mass is 10.1. The molecule has 1 aliphatic rings. The van der Waals surface area contributed by atoms with Gasteiger partial charge < -0.3 is 10.5 Å². The minimum atomic E-state index is -4.72. The normalized spacial score (nSPS) is 18.7. The van der Waals surface area contributed by atoms with Crippen LogP contribution in [0, 0.1) is 6.92 Å². The molecule has 1 fully saturated rings. The van der Waals surface area contributed by atoms with Crippen LogP contribution in [0.5, 0.6) is 5.75 Å². The number of rotatable bonds is 4. The van der Waals surface area contributed by atoms with Crippen LogP contribution in [0.3, 0.4) is 0 Å². The number of benzene rings is 1. The van der Waals surface area contributed by atoms with Gasteiger partial charge in [0.1, 0.15) is 5.75 Å². The monoisotopic (exact) mass is 371 g/mol. The largest absolute Gasteiger partial charge is 0.573 e. The van der Waals surface area contributed by atoms with Crippen molar-refractivity contribution in [2.45, 2.75) is 45.6 Å². The van der Waals surface area contributed by atoms with E-state index in [1.807, 2.05) is 0 Å². The second kappa shape index (κ2) is 6.84. The van der Waals surface area contributed by atoms with Crippen LogP contribution >= 0.6 is 11.3 Å². The van der Waals surface area contributed by atoms with Crippen molar-refractivity contribution in [3.63, 3.8) is 0 Å². The molecule has 3 rings (SSSR count). The third-order valence-corrected chi connectivity index (χ3v) is 5.18. The number of nitrogens with two attached hydrogens (primary N) is 1. The highest BCUT2D eigenvalue weighted by Gasteiger charge is 2.31. The Labute approximate surface area is 148 Å². The summed E-state index contributed by atoms with van der Waals surface area (Å²) in [6.45, 7) is 5.62. The Morgan fingerprint density at radius 2 is 2.12 bits per heavy atom. The minimum absolute atomic E-state index is 0.241. The Morgan fingerprint density at radius 3 is 2.76 bits per heavy atom. The molecular formula is C17H20F3N3OS. The zero-order chi connectivity index (χ0) is 18.2. The third-order valence-electron chi connectivity index (χ3n) is 4.31. The number of ether oxygens (including phenoxy) is 1. The summed E-state index contributed by atoms with van der Waals surface area (Å²) < 4.78 is 41.7. The number of aromatic nitrogens is 1. The molecule has 2 N–H and O–H groups in total. The molecule has 1 aromatic carbocycles. The summed E-state index contributed by atoms with van der Waals surface area (Å²) in [5.74, 6) is -0.241. The third kappa shape index (κ3) is 4.43. The van der Waals surface area contributed by atoms with Gasteiger partial charge in [-0.2, -0.15) is 0 Å². The van der Waals surface area contributed by atoms with E-state index in [0.29, 0.717) is 34.5 Å². The molecule has 2 aromatic rings. The van der Waals surface area contributed by atoms with E-state index in [1.54, 1.807) is 13.0 Å². The molecule has 136 valence electrons. The van der Waals surface area contributed by atoms with Gasteiger partial charge in [0.05, 0.1) is 5.69 Å². The predicted octanol–water partition coefficient (Wildman–Crippen LogP) is 4.58. The Kier molecular flexibility index (Phi) is 4.92. The first-order chi connectivity index (χ1) is 11.7. The number of hydrogen-bond donors (Lipinski definition) is 1. The number of likely N-dealkylation sites (tertiary alicyclic amines) is 1. The highest BCUT2D eigenvalue weighted by atomic mass is 32.1. The topological polar surface area (TPSA) is 51.4 Å². The SMILES string of the molecule is Cc1cc(OC(F)(F)F)cc(-c2nc(N)sc2CN2CCC[C@H]2C)c1. The Balaban J connectivity index is 1.93. The summed E-state index contributed by atoms with van der Waals surface area (Å²) in [5.41, 5.74) is 7.78. The lowest BCUT2D eigenvalue weighted by Crippen LogP contribution is -2.25. The van der Waals surface area contributed by atoms with Crippen molar-refractivity contribution in [2.24, 2.45) is 0 Å². The zero-order valence-corrected chi connectivity index (χ0v) is 14.9. The standard InChI is InChI=1S/C17H20F3N3OS/c1-10-6-12(8-13(7-10)24-17(18,19)20)15-14(25-16(21)22-15)9-23-5-3-4-11(23)2/h6-8,11H,3-5,9H2,1-2H3,(H2,21,22)/t11-/m1/s1. The van der Waals surface area contributed by atoms with E-state index in [1.165, 1.54) is 23.5 Å². The van der Waals surface area contributed by atoms with E-state index in [4.69, 9.17) is 5.73 Å². The molecule has 0 amide bonds. The van der Waals surface area contributed by atoms with Gasteiger partial charge in [-0.1, -0.05) is 0 Å². The smallest absolute Gasteiger partial charge is 0.406 e. The van der Waals surface area contributed by atoms with Crippen LogP contribution in [-0.4, -0.2) is 28.8 Å². The Morgan fingerprint density at radius 1 is 1.36 bits per heavy atom. The van der Waals surface area contributed by atoms with Gasteiger partial charge in [-0.25, -0.2) is 4.98 Å². The number of alkyl halides is 3. The van der Waals surface area contributed by atoms with Gasteiger partial charge >= 0.3 is 6.36 Å². The van der Waals surface area contributed by atoms with E-state index in [0.717, 1.165) is 24.3 Å². The van der Waals surface area contributed by atoms with E-state index >= 15 is 0 Å². The lowest BCUT2D eigenvalue weighted by Gasteiger charge is -2.20. The number of anilines is 1. The highest BCUT2D eigenvalue weighted by Crippen LogP contribution is 2.35. The highest BCUT2D eigenvalue weighted by molar-refractivity contribution is 7.15. The molecule has 1 aliphatic heterocycles. The van der Waals surface area contributed by atoms with E-state index in [-0.39, 0.29) is 5.75 Å². The number of aryl methyl sites for hydroxylation is 1. The van der Waals surface area contributed by atoms with Crippen LogP contribution in [-0.2, 0) is 6.54 Å². The van der Waals surface area contributed by atoms with Crippen molar-refractivity contribution < 1.29 is 17.9 Å². The fraction of sp³-hybridized carbons (Fsp3) is 0.471. The summed E-state index contributed by atoms with van der Waals surface area (Å²) in [7, 11) is 0. The fourth-order valence-corrected chi connectivity index (χ4v) is 4.07. The Bertz CT molecular complexity index is 760. The molecule has 1 atom stereocenters. The molecule has 25 heavy (non-hydrogen) atoms. The summed E-state index contributed by atoms with van der Waals surface area (Å²) in [6.07, 6.45) is -2.42. The van der Waals surface area contributed by atoms with E-state index < -0.39 is 6.36 Å². The maximum absolute atomic E-state index is 12.5. The number of nitrogen functional groups attached to an aromatic ring is 1. The van der Waals surface area contributed by atoms with Crippen molar-refractivity contribution in [3.8, 4) is 17.0 Å². The zero-order valence-electron chi connectivity index (χ0n) is 14.1. The number of thiazole rings is 1. The van der Waals surface area contributed by atoms with Gasteiger partial charge in [-0.15, -0.1) is 24.5 Å². The Hall–Kier alpha value is -1.80. The van der Waals surface area contributed by atoms with Crippen LogP contribution in [0.15, 0.2) is 18.2 Å². The lowest BCUT2D eigenvalue weighted by molar-refractivity contribution is -0.274. The molecular weight excluding hydrogens is 351 g/mol. The van der Waals surface area contributed by atoms with Crippen LogP contribution in [0.1, 0.15) is 30.2 Å². The first kappa shape index (κ1) is 18.0. The molecule has 0 saturated carbocycles. The molecule has 8 heteroatoms.